The zero-order valence-corrected chi connectivity index (χ0v) is 13.1. The van der Waals surface area contributed by atoms with Crippen LogP contribution in [0.4, 0.5) is 13.2 Å². The number of nitrogens with zero attached hydrogens (tertiary/aromatic N) is 4. The molecule has 23 heavy (non-hydrogen) atoms. The van der Waals surface area contributed by atoms with Crippen molar-refractivity contribution in [2.75, 3.05) is 6.54 Å². The van der Waals surface area contributed by atoms with Crippen molar-refractivity contribution < 1.29 is 18.0 Å². The highest BCUT2D eigenvalue weighted by molar-refractivity contribution is 5.79. The van der Waals surface area contributed by atoms with Crippen LogP contribution in [0.25, 0.3) is 0 Å². The van der Waals surface area contributed by atoms with Crippen LogP contribution in [0.2, 0.25) is 0 Å². The fourth-order valence-electron chi connectivity index (χ4n) is 3.64. The summed E-state index contributed by atoms with van der Waals surface area (Å²) >= 11 is 0. The molecule has 2 heterocycles. The Kier molecular flexibility index (Phi) is 4.33. The number of amides is 1. The second-order valence-electron chi connectivity index (χ2n) is 6.40. The maximum absolute atomic E-state index is 12.9. The second-order valence-corrected chi connectivity index (χ2v) is 6.40. The minimum atomic E-state index is -4.20. The summed E-state index contributed by atoms with van der Waals surface area (Å²) in [7, 11) is 0. The summed E-state index contributed by atoms with van der Waals surface area (Å²) in [4.78, 5) is 14.3. The molecule has 1 aromatic rings. The van der Waals surface area contributed by atoms with Gasteiger partial charge in [0.1, 0.15) is 5.82 Å². The van der Waals surface area contributed by atoms with Gasteiger partial charge in [0.05, 0.1) is 12.5 Å². The number of hydrogen-bond acceptors (Lipinski definition) is 3. The molecule has 8 heteroatoms. The van der Waals surface area contributed by atoms with E-state index in [1.54, 1.807) is 4.90 Å². The zero-order chi connectivity index (χ0) is 16.6. The number of halogens is 3. The van der Waals surface area contributed by atoms with Crippen molar-refractivity contribution in [3.05, 3.63) is 11.6 Å². The van der Waals surface area contributed by atoms with Crippen molar-refractivity contribution in [1.29, 1.82) is 0 Å². The largest absolute Gasteiger partial charge is 0.391 e. The van der Waals surface area contributed by atoms with E-state index in [0.717, 1.165) is 18.1 Å². The van der Waals surface area contributed by atoms with Gasteiger partial charge in [0, 0.05) is 25.4 Å². The van der Waals surface area contributed by atoms with E-state index in [1.165, 1.54) is 0 Å². The van der Waals surface area contributed by atoms with Crippen LogP contribution in [-0.2, 0) is 24.3 Å². The van der Waals surface area contributed by atoms with E-state index in [0.29, 0.717) is 32.5 Å². The Morgan fingerprint density at radius 1 is 1.26 bits per heavy atom. The molecule has 1 aliphatic heterocycles. The maximum Gasteiger partial charge on any atom is 0.391 e. The van der Waals surface area contributed by atoms with Gasteiger partial charge in [-0.3, -0.25) is 4.79 Å². The zero-order valence-electron chi connectivity index (χ0n) is 13.1. The molecule has 0 aromatic carbocycles. The molecule has 0 unspecified atom stereocenters. The predicted molar refractivity (Wildman–Crippen MR) is 76.3 cm³/mol. The Morgan fingerprint density at radius 3 is 2.74 bits per heavy atom. The molecule has 1 saturated carbocycles. The predicted octanol–water partition coefficient (Wildman–Crippen LogP) is 2.55. The van der Waals surface area contributed by atoms with Gasteiger partial charge in [0.15, 0.2) is 5.82 Å². The molecule has 128 valence electrons. The number of alkyl halides is 3. The van der Waals surface area contributed by atoms with Gasteiger partial charge in [-0.1, -0.05) is 13.3 Å². The molecule has 0 N–H and O–H groups in total. The Hall–Kier alpha value is -1.60. The van der Waals surface area contributed by atoms with Crippen molar-refractivity contribution in [2.24, 2.45) is 11.8 Å². The highest BCUT2D eigenvalue weighted by atomic mass is 19.4. The van der Waals surface area contributed by atoms with Gasteiger partial charge in [0.2, 0.25) is 5.91 Å². The van der Waals surface area contributed by atoms with Crippen LogP contribution in [0.3, 0.4) is 0 Å². The van der Waals surface area contributed by atoms with Crippen LogP contribution in [0.15, 0.2) is 0 Å². The molecule has 3 rings (SSSR count). The summed E-state index contributed by atoms with van der Waals surface area (Å²) in [5.41, 5.74) is 0. The molecule has 0 spiro atoms. The SMILES string of the molecule is CCc1nnc2n1CCN(C(=O)[C@H]1CCC[C@H](C(F)(F)F)C1)C2. The summed E-state index contributed by atoms with van der Waals surface area (Å²) in [6, 6.07) is 0. The van der Waals surface area contributed by atoms with Gasteiger partial charge in [-0.05, 0) is 19.3 Å². The Labute approximate surface area is 132 Å². The highest BCUT2D eigenvalue weighted by Crippen LogP contribution is 2.40. The molecule has 0 saturated heterocycles. The first-order chi connectivity index (χ1) is 10.9. The van der Waals surface area contributed by atoms with Crippen molar-refractivity contribution in [1.82, 2.24) is 19.7 Å². The van der Waals surface area contributed by atoms with E-state index < -0.39 is 18.0 Å². The van der Waals surface area contributed by atoms with Gasteiger partial charge in [-0.2, -0.15) is 13.2 Å². The van der Waals surface area contributed by atoms with Gasteiger partial charge in [-0.15, -0.1) is 10.2 Å². The van der Waals surface area contributed by atoms with Crippen LogP contribution in [0.5, 0.6) is 0 Å². The molecule has 5 nitrogen and oxygen atoms in total. The third kappa shape index (κ3) is 3.21. The van der Waals surface area contributed by atoms with E-state index in [9.17, 15) is 18.0 Å². The fourth-order valence-corrected chi connectivity index (χ4v) is 3.64. The third-order valence-corrected chi connectivity index (χ3v) is 4.94. The van der Waals surface area contributed by atoms with Crippen LogP contribution in [0.1, 0.15) is 44.3 Å². The van der Waals surface area contributed by atoms with E-state index in [1.807, 2.05) is 11.5 Å². The summed E-state index contributed by atoms with van der Waals surface area (Å²) in [5, 5.41) is 8.19. The average Bonchev–Trinajstić information content (AvgIpc) is 2.95. The molecule has 2 atom stereocenters. The highest BCUT2D eigenvalue weighted by Gasteiger charge is 2.44. The number of fused-ring (bicyclic) bond motifs is 1. The Balaban J connectivity index is 1.67. The van der Waals surface area contributed by atoms with E-state index in [-0.39, 0.29) is 18.7 Å². The lowest BCUT2D eigenvalue weighted by Gasteiger charge is -2.35. The summed E-state index contributed by atoms with van der Waals surface area (Å²) in [5.74, 6) is -0.404. The fraction of sp³-hybridized carbons (Fsp3) is 0.800. The quantitative estimate of drug-likeness (QED) is 0.837. The molecular formula is C15H21F3N4O. The summed E-state index contributed by atoms with van der Waals surface area (Å²) in [6.07, 6.45) is -2.35. The lowest BCUT2D eigenvalue weighted by molar-refractivity contribution is -0.187. The monoisotopic (exact) mass is 330 g/mol. The molecule has 1 aliphatic carbocycles. The number of aromatic nitrogens is 3. The number of aryl methyl sites for hydroxylation is 1. The van der Waals surface area contributed by atoms with Crippen molar-refractivity contribution in [3.8, 4) is 0 Å². The summed E-state index contributed by atoms with van der Waals surface area (Å²) < 4.78 is 40.7. The van der Waals surface area contributed by atoms with Crippen LogP contribution < -0.4 is 0 Å². The van der Waals surface area contributed by atoms with E-state index in [4.69, 9.17) is 0 Å². The van der Waals surface area contributed by atoms with Gasteiger partial charge >= 0.3 is 6.18 Å². The molecule has 1 amide bonds. The van der Waals surface area contributed by atoms with Crippen LogP contribution in [-0.4, -0.2) is 38.3 Å². The van der Waals surface area contributed by atoms with Crippen molar-refractivity contribution in [2.45, 2.75) is 58.3 Å². The van der Waals surface area contributed by atoms with Crippen molar-refractivity contribution in [3.63, 3.8) is 0 Å². The van der Waals surface area contributed by atoms with Crippen molar-refractivity contribution >= 4 is 5.91 Å². The minimum absolute atomic E-state index is 0.0776. The second kappa shape index (κ2) is 6.13. The smallest absolute Gasteiger partial charge is 0.333 e. The van der Waals surface area contributed by atoms with Gasteiger partial charge in [0.25, 0.3) is 0 Å². The summed E-state index contributed by atoms with van der Waals surface area (Å²) in [6.45, 7) is 3.48. The Bertz CT molecular complexity index is 584. The number of carbonyl (C=O) groups excluding carboxylic acids is 1. The van der Waals surface area contributed by atoms with Gasteiger partial charge < -0.3 is 9.47 Å². The van der Waals surface area contributed by atoms with Gasteiger partial charge in [-0.25, -0.2) is 0 Å². The van der Waals surface area contributed by atoms with Crippen LogP contribution in [0, 0.1) is 11.8 Å². The lowest BCUT2D eigenvalue weighted by Crippen LogP contribution is -2.44. The minimum Gasteiger partial charge on any atom is -0.333 e. The first kappa shape index (κ1) is 16.3. The third-order valence-electron chi connectivity index (χ3n) is 4.94. The number of carbonyl (C=O) groups is 1. The van der Waals surface area contributed by atoms with Crippen LogP contribution >= 0.6 is 0 Å². The van der Waals surface area contributed by atoms with E-state index in [2.05, 4.69) is 10.2 Å². The maximum atomic E-state index is 12.9. The Morgan fingerprint density at radius 2 is 2.04 bits per heavy atom. The first-order valence-corrected chi connectivity index (χ1v) is 8.16. The molecule has 2 aliphatic rings. The first-order valence-electron chi connectivity index (χ1n) is 8.16. The molecule has 1 fully saturated rings. The normalized spacial score (nSPS) is 25.3. The number of hydrogen-bond donors (Lipinski definition) is 0. The standard InChI is InChI=1S/C15H21F3N4O/c1-2-12-19-20-13-9-21(6-7-22(12)13)14(23)10-4-3-5-11(8-10)15(16,17)18/h10-11H,2-9H2,1H3/t10-,11-/m0/s1. The topological polar surface area (TPSA) is 51.0 Å². The molecule has 0 radical (unpaired) electrons. The van der Waals surface area contributed by atoms with E-state index >= 15 is 0 Å². The molecular weight excluding hydrogens is 309 g/mol. The average molecular weight is 330 g/mol. The number of rotatable bonds is 2. The molecule has 1 aromatic heterocycles. The molecule has 0 bridgehead atoms. The lowest BCUT2D eigenvalue weighted by atomic mass is 9.80.